The fraction of sp³-hybridized carbons (Fsp3) is 0.625. The first-order valence-electron chi connectivity index (χ1n) is 6.98. The number of rotatable bonds is 8. The summed E-state index contributed by atoms with van der Waals surface area (Å²) in [6, 6.07) is 6.77. The smallest absolute Gasteiger partial charge is 0.0703 e. The molecule has 0 aliphatic carbocycles. The molecule has 0 saturated carbocycles. The van der Waals surface area contributed by atoms with Crippen LogP contribution in [0.1, 0.15) is 36.6 Å². The number of hydrogen-bond donors (Lipinski definition) is 1. The van der Waals surface area contributed by atoms with E-state index in [9.17, 15) is 0 Å². The molecular formula is C16H27NO2. The molecule has 0 aliphatic rings. The molecule has 1 aromatic carbocycles. The Labute approximate surface area is 117 Å². The normalized spacial score (nSPS) is 12.9. The van der Waals surface area contributed by atoms with Crippen molar-refractivity contribution in [2.45, 2.75) is 39.8 Å². The van der Waals surface area contributed by atoms with Gasteiger partial charge in [0, 0.05) is 0 Å². The lowest BCUT2D eigenvalue weighted by molar-refractivity contribution is 0.0141. The average molecular weight is 265 g/mol. The van der Waals surface area contributed by atoms with Gasteiger partial charge in [0.25, 0.3) is 0 Å². The van der Waals surface area contributed by atoms with Gasteiger partial charge in [-0.25, -0.2) is 0 Å². The minimum Gasteiger partial charge on any atom is -0.377 e. The molecule has 0 amide bonds. The fourth-order valence-electron chi connectivity index (χ4n) is 2.01. The zero-order valence-corrected chi connectivity index (χ0v) is 12.8. The highest BCUT2D eigenvalue weighted by Gasteiger charge is 2.12. The Kier molecular flexibility index (Phi) is 7.06. The van der Waals surface area contributed by atoms with Crippen LogP contribution in [0.2, 0.25) is 0 Å². The first kappa shape index (κ1) is 16.2. The van der Waals surface area contributed by atoms with Gasteiger partial charge in [-0.3, -0.25) is 0 Å². The largest absolute Gasteiger partial charge is 0.377 e. The van der Waals surface area contributed by atoms with Gasteiger partial charge in [-0.15, -0.1) is 0 Å². The molecule has 3 heteroatoms. The van der Waals surface area contributed by atoms with Crippen molar-refractivity contribution in [3.8, 4) is 0 Å². The molecule has 0 aliphatic heterocycles. The SMILES string of the molecule is CNC(COCCOC(C)C)c1cc(C)ccc1C. The van der Waals surface area contributed by atoms with Crippen LogP contribution < -0.4 is 5.32 Å². The van der Waals surface area contributed by atoms with Crippen molar-refractivity contribution < 1.29 is 9.47 Å². The van der Waals surface area contributed by atoms with E-state index in [1.54, 1.807) is 0 Å². The number of hydrogen-bond acceptors (Lipinski definition) is 3. The molecule has 19 heavy (non-hydrogen) atoms. The molecule has 1 atom stereocenters. The van der Waals surface area contributed by atoms with E-state index in [0.717, 1.165) is 0 Å². The van der Waals surface area contributed by atoms with Crippen molar-refractivity contribution in [3.05, 3.63) is 34.9 Å². The topological polar surface area (TPSA) is 30.5 Å². The first-order chi connectivity index (χ1) is 9.04. The van der Waals surface area contributed by atoms with E-state index in [2.05, 4.69) is 37.4 Å². The first-order valence-corrected chi connectivity index (χ1v) is 6.98. The standard InChI is InChI=1S/C16H27NO2/c1-12(2)19-9-8-18-11-16(17-5)15-10-13(3)6-7-14(15)4/h6-7,10,12,16-17H,8-9,11H2,1-5H3. The summed E-state index contributed by atoms with van der Waals surface area (Å²) in [5.41, 5.74) is 3.89. The summed E-state index contributed by atoms with van der Waals surface area (Å²) in [7, 11) is 1.97. The summed E-state index contributed by atoms with van der Waals surface area (Å²) in [6.07, 6.45) is 0.266. The summed E-state index contributed by atoms with van der Waals surface area (Å²) in [4.78, 5) is 0. The molecule has 1 N–H and O–H groups in total. The van der Waals surface area contributed by atoms with Crippen molar-refractivity contribution in [1.82, 2.24) is 5.32 Å². The number of ether oxygens (including phenoxy) is 2. The van der Waals surface area contributed by atoms with Gasteiger partial charge in [0.15, 0.2) is 0 Å². The molecule has 1 unspecified atom stereocenters. The maximum absolute atomic E-state index is 5.70. The highest BCUT2D eigenvalue weighted by atomic mass is 16.5. The van der Waals surface area contributed by atoms with Crippen molar-refractivity contribution in [3.63, 3.8) is 0 Å². The van der Waals surface area contributed by atoms with Crippen molar-refractivity contribution in [2.75, 3.05) is 26.9 Å². The molecule has 0 spiro atoms. The van der Waals surface area contributed by atoms with E-state index in [4.69, 9.17) is 9.47 Å². The predicted octanol–water partition coefficient (Wildman–Crippen LogP) is 3.01. The van der Waals surface area contributed by atoms with Crippen molar-refractivity contribution in [1.29, 1.82) is 0 Å². The minimum absolute atomic E-state index is 0.235. The average Bonchev–Trinajstić information content (AvgIpc) is 2.37. The van der Waals surface area contributed by atoms with Gasteiger partial charge in [-0.05, 0) is 45.9 Å². The quantitative estimate of drug-likeness (QED) is 0.733. The summed E-state index contributed by atoms with van der Waals surface area (Å²) in [5.74, 6) is 0. The number of nitrogens with one attached hydrogen (secondary N) is 1. The molecule has 1 rings (SSSR count). The van der Waals surface area contributed by atoms with Crippen LogP contribution in [0, 0.1) is 13.8 Å². The van der Waals surface area contributed by atoms with Crippen molar-refractivity contribution in [2.24, 2.45) is 0 Å². The lowest BCUT2D eigenvalue weighted by Crippen LogP contribution is -2.24. The molecule has 0 heterocycles. The molecule has 0 bridgehead atoms. The predicted molar refractivity (Wildman–Crippen MR) is 79.6 cm³/mol. The summed E-state index contributed by atoms with van der Waals surface area (Å²) < 4.78 is 11.2. The van der Waals surface area contributed by atoms with E-state index in [1.165, 1.54) is 16.7 Å². The van der Waals surface area contributed by atoms with Gasteiger partial charge < -0.3 is 14.8 Å². The van der Waals surface area contributed by atoms with E-state index >= 15 is 0 Å². The third-order valence-corrected chi connectivity index (χ3v) is 3.12. The Morgan fingerprint density at radius 2 is 1.89 bits per heavy atom. The Morgan fingerprint density at radius 1 is 1.16 bits per heavy atom. The summed E-state index contributed by atoms with van der Waals surface area (Å²) in [6.45, 7) is 10.3. The van der Waals surface area contributed by atoms with Crippen LogP contribution in [0.4, 0.5) is 0 Å². The zero-order valence-electron chi connectivity index (χ0n) is 12.8. The molecule has 3 nitrogen and oxygen atoms in total. The van der Waals surface area contributed by atoms with Crippen LogP contribution in [-0.4, -0.2) is 33.0 Å². The van der Waals surface area contributed by atoms with Gasteiger partial charge in [0.1, 0.15) is 0 Å². The second-order valence-corrected chi connectivity index (χ2v) is 5.20. The van der Waals surface area contributed by atoms with E-state index in [0.29, 0.717) is 19.8 Å². The molecule has 0 saturated heterocycles. The third kappa shape index (κ3) is 5.72. The van der Waals surface area contributed by atoms with Gasteiger partial charge >= 0.3 is 0 Å². The Hall–Kier alpha value is -0.900. The zero-order chi connectivity index (χ0) is 14.3. The summed E-state index contributed by atoms with van der Waals surface area (Å²) >= 11 is 0. The maximum atomic E-state index is 5.70. The van der Waals surface area contributed by atoms with Crippen LogP contribution in [0.3, 0.4) is 0 Å². The van der Waals surface area contributed by atoms with Gasteiger partial charge in [0.05, 0.1) is 32.0 Å². The number of likely N-dealkylation sites (N-methyl/N-ethyl adjacent to an activating group) is 1. The number of benzene rings is 1. The van der Waals surface area contributed by atoms with Crippen LogP contribution >= 0.6 is 0 Å². The number of aryl methyl sites for hydroxylation is 2. The van der Waals surface area contributed by atoms with Gasteiger partial charge in [0.2, 0.25) is 0 Å². The van der Waals surface area contributed by atoms with Crippen LogP contribution in [0.15, 0.2) is 18.2 Å². The molecule has 108 valence electrons. The highest BCUT2D eigenvalue weighted by molar-refractivity contribution is 5.33. The molecule has 0 radical (unpaired) electrons. The Bertz CT molecular complexity index is 377. The molecule has 1 aromatic rings. The van der Waals surface area contributed by atoms with E-state index < -0.39 is 0 Å². The lowest BCUT2D eigenvalue weighted by Gasteiger charge is -2.20. The molecule has 0 aromatic heterocycles. The lowest BCUT2D eigenvalue weighted by atomic mass is 9.99. The molecule has 0 fully saturated rings. The van der Waals surface area contributed by atoms with Crippen molar-refractivity contribution >= 4 is 0 Å². The van der Waals surface area contributed by atoms with Gasteiger partial charge in [-0.1, -0.05) is 23.8 Å². The van der Waals surface area contributed by atoms with Crippen LogP contribution in [0.25, 0.3) is 0 Å². The second-order valence-electron chi connectivity index (χ2n) is 5.20. The van der Waals surface area contributed by atoms with Gasteiger partial charge in [-0.2, -0.15) is 0 Å². The summed E-state index contributed by atoms with van der Waals surface area (Å²) in [5, 5.41) is 3.32. The van der Waals surface area contributed by atoms with E-state index in [1.807, 2.05) is 20.9 Å². The monoisotopic (exact) mass is 265 g/mol. The van der Waals surface area contributed by atoms with Crippen LogP contribution in [-0.2, 0) is 9.47 Å². The fourth-order valence-corrected chi connectivity index (χ4v) is 2.01. The highest BCUT2D eigenvalue weighted by Crippen LogP contribution is 2.19. The van der Waals surface area contributed by atoms with E-state index in [-0.39, 0.29) is 12.1 Å². The third-order valence-electron chi connectivity index (χ3n) is 3.12. The van der Waals surface area contributed by atoms with Crippen LogP contribution in [0.5, 0.6) is 0 Å². The maximum Gasteiger partial charge on any atom is 0.0703 e. The Balaban J connectivity index is 2.47. The minimum atomic E-state index is 0.235. The molecular weight excluding hydrogens is 238 g/mol. The second kappa shape index (κ2) is 8.31. The Morgan fingerprint density at radius 3 is 2.53 bits per heavy atom.